The van der Waals surface area contributed by atoms with Gasteiger partial charge in [0, 0.05) is 31.7 Å². The number of hydrogen-bond donors (Lipinski definition) is 1. The number of carbonyl (C=O) groups is 2. The van der Waals surface area contributed by atoms with E-state index in [-0.39, 0.29) is 30.5 Å². The molecule has 14 heteroatoms. The molecule has 1 atom stereocenters. The summed E-state index contributed by atoms with van der Waals surface area (Å²) >= 11 is 0. The van der Waals surface area contributed by atoms with E-state index in [1.165, 1.54) is 4.57 Å². The quantitative estimate of drug-likeness (QED) is 0.413. The third-order valence-electron chi connectivity index (χ3n) is 8.16. The Balaban J connectivity index is 1.20. The predicted octanol–water partition coefficient (Wildman–Crippen LogP) is 3.63. The molecular weight excluding hydrogens is 564 g/mol. The maximum atomic E-state index is 14.2. The number of alkyl carbamates (subject to hydrolysis) is 1. The highest BCUT2D eigenvalue weighted by Crippen LogP contribution is 2.32. The van der Waals surface area contributed by atoms with Crippen molar-refractivity contribution in [2.75, 3.05) is 44.4 Å². The van der Waals surface area contributed by atoms with E-state index in [9.17, 15) is 18.4 Å². The summed E-state index contributed by atoms with van der Waals surface area (Å²) in [5.74, 6) is 0.446. The molecule has 3 fully saturated rings. The third-order valence-corrected chi connectivity index (χ3v) is 8.16. The van der Waals surface area contributed by atoms with Crippen LogP contribution in [0, 0.1) is 0 Å². The van der Waals surface area contributed by atoms with Gasteiger partial charge in [0.25, 0.3) is 6.43 Å². The van der Waals surface area contributed by atoms with Gasteiger partial charge < -0.3 is 29.3 Å². The van der Waals surface area contributed by atoms with Crippen molar-refractivity contribution in [1.29, 1.82) is 0 Å². The highest BCUT2D eigenvalue weighted by Gasteiger charge is 2.38. The number of halogens is 2. The number of aromatic nitrogens is 4. The number of hydrogen-bond acceptors (Lipinski definition) is 9. The zero-order valence-corrected chi connectivity index (χ0v) is 24.0. The van der Waals surface area contributed by atoms with Crippen LogP contribution in [0.15, 0.2) is 30.3 Å². The van der Waals surface area contributed by atoms with Crippen molar-refractivity contribution >= 4 is 29.0 Å². The van der Waals surface area contributed by atoms with Crippen LogP contribution in [0.3, 0.4) is 0 Å². The monoisotopic (exact) mass is 599 g/mol. The lowest BCUT2D eigenvalue weighted by atomic mass is 9.92. The Labute approximate surface area is 247 Å². The molecule has 2 aromatic heterocycles. The van der Waals surface area contributed by atoms with Crippen molar-refractivity contribution in [3.05, 3.63) is 36.2 Å². The number of amides is 2. The van der Waals surface area contributed by atoms with Crippen LogP contribution >= 0.6 is 0 Å². The van der Waals surface area contributed by atoms with E-state index in [0.29, 0.717) is 75.0 Å². The molecule has 1 aliphatic carbocycles. The maximum absolute atomic E-state index is 14.2. The van der Waals surface area contributed by atoms with Crippen LogP contribution in [-0.4, -0.2) is 94.1 Å². The lowest BCUT2D eigenvalue weighted by molar-refractivity contribution is -0.132. The second-order valence-corrected chi connectivity index (χ2v) is 10.8. The second kappa shape index (κ2) is 12.7. The molecule has 3 aliphatic rings. The number of benzene rings is 1. The molecule has 6 rings (SSSR count). The van der Waals surface area contributed by atoms with Crippen molar-refractivity contribution < 1.29 is 32.6 Å². The number of anilines is 1. The molecule has 1 saturated carbocycles. The van der Waals surface area contributed by atoms with Crippen LogP contribution in [0.2, 0.25) is 0 Å². The van der Waals surface area contributed by atoms with Crippen molar-refractivity contribution in [3.8, 4) is 11.7 Å². The minimum absolute atomic E-state index is 0.0529. The van der Waals surface area contributed by atoms with E-state index in [4.69, 9.17) is 14.2 Å². The molecule has 43 heavy (non-hydrogen) atoms. The number of ether oxygens (including phenoxy) is 3. The van der Waals surface area contributed by atoms with E-state index in [0.717, 1.165) is 12.8 Å². The molecule has 0 bridgehead atoms. The predicted molar refractivity (Wildman–Crippen MR) is 152 cm³/mol. The molecule has 2 saturated heterocycles. The summed E-state index contributed by atoms with van der Waals surface area (Å²) in [6, 6.07) is 8.03. The van der Waals surface area contributed by atoms with E-state index < -0.39 is 24.4 Å². The lowest BCUT2D eigenvalue weighted by Crippen LogP contribution is -2.46. The van der Waals surface area contributed by atoms with E-state index in [2.05, 4.69) is 20.3 Å². The summed E-state index contributed by atoms with van der Waals surface area (Å²) in [5.41, 5.74) is 0.961. The molecule has 1 aromatic carbocycles. The number of morpholine rings is 1. The zero-order chi connectivity index (χ0) is 29.9. The topological polar surface area (TPSA) is 124 Å². The lowest BCUT2D eigenvalue weighted by Gasteiger charge is -2.34. The maximum Gasteiger partial charge on any atom is 0.407 e. The number of likely N-dealkylation sites (tertiary alicyclic amines) is 1. The summed E-state index contributed by atoms with van der Waals surface area (Å²) in [6.45, 7) is 4.69. The van der Waals surface area contributed by atoms with Crippen molar-refractivity contribution in [2.45, 2.75) is 63.6 Å². The summed E-state index contributed by atoms with van der Waals surface area (Å²) in [7, 11) is 0. The number of para-hydroxylation sites is 2. The fourth-order valence-corrected chi connectivity index (χ4v) is 6.07. The normalized spacial score (nSPS) is 22.8. The molecule has 1 N–H and O–H groups in total. The smallest absolute Gasteiger partial charge is 0.407 e. The fourth-order valence-electron chi connectivity index (χ4n) is 6.07. The summed E-state index contributed by atoms with van der Waals surface area (Å²) in [4.78, 5) is 42.1. The number of fused-ring (bicyclic) bond motifs is 1. The number of alkyl halides is 2. The van der Waals surface area contributed by atoms with Gasteiger partial charge in [0.2, 0.25) is 17.7 Å². The SMILES string of the molecule is CCOC(=O)N[C@@H]1CCN([C@H]2CC[C@H](Oc3cc(-n4c(C(F)F)nc5ccccc54)nc(N4CCOCC4)n3)CC2)C1=O. The molecule has 12 nitrogen and oxygen atoms in total. The molecule has 0 unspecified atom stereocenters. The van der Waals surface area contributed by atoms with Crippen molar-refractivity contribution in [2.24, 2.45) is 0 Å². The fraction of sp³-hybridized carbons (Fsp3) is 0.552. The molecule has 4 heterocycles. The van der Waals surface area contributed by atoms with Gasteiger partial charge in [-0.3, -0.25) is 9.36 Å². The van der Waals surface area contributed by atoms with Gasteiger partial charge in [-0.2, -0.15) is 9.97 Å². The average molecular weight is 600 g/mol. The van der Waals surface area contributed by atoms with Gasteiger partial charge in [0.05, 0.1) is 30.9 Å². The minimum Gasteiger partial charge on any atom is -0.474 e. The van der Waals surface area contributed by atoms with Crippen molar-refractivity contribution in [3.63, 3.8) is 0 Å². The second-order valence-electron chi connectivity index (χ2n) is 10.8. The van der Waals surface area contributed by atoms with Crippen LogP contribution in [0.1, 0.15) is 51.3 Å². The molecule has 2 amide bonds. The van der Waals surface area contributed by atoms with Gasteiger partial charge >= 0.3 is 6.09 Å². The number of nitrogens with one attached hydrogen (secondary N) is 1. The number of imidazole rings is 1. The molecule has 230 valence electrons. The molecule has 3 aromatic rings. The Bertz CT molecular complexity index is 1460. The first-order valence-corrected chi connectivity index (χ1v) is 14.8. The summed E-state index contributed by atoms with van der Waals surface area (Å²) in [5, 5.41) is 2.65. The average Bonchev–Trinajstić information content (AvgIpc) is 3.59. The Hall–Kier alpha value is -4.07. The first kappa shape index (κ1) is 29.0. The Morgan fingerprint density at radius 1 is 1.07 bits per heavy atom. The third kappa shape index (κ3) is 6.19. The van der Waals surface area contributed by atoms with Crippen LogP contribution in [0.4, 0.5) is 19.5 Å². The minimum atomic E-state index is -2.81. The van der Waals surface area contributed by atoms with E-state index in [1.807, 2.05) is 9.80 Å². The zero-order valence-electron chi connectivity index (χ0n) is 24.0. The van der Waals surface area contributed by atoms with Crippen molar-refractivity contribution in [1.82, 2.24) is 29.7 Å². The molecule has 0 spiro atoms. The molecule has 2 aliphatic heterocycles. The molecular formula is C29H35F2N7O5. The van der Waals surface area contributed by atoms with Crippen LogP contribution in [0.25, 0.3) is 16.9 Å². The van der Waals surface area contributed by atoms with Gasteiger partial charge in [-0.1, -0.05) is 12.1 Å². The van der Waals surface area contributed by atoms with Crippen LogP contribution < -0.4 is 15.0 Å². The van der Waals surface area contributed by atoms with E-state index in [1.54, 1.807) is 37.3 Å². The molecule has 0 radical (unpaired) electrons. The Kier molecular flexibility index (Phi) is 8.54. The largest absolute Gasteiger partial charge is 0.474 e. The van der Waals surface area contributed by atoms with E-state index >= 15 is 0 Å². The van der Waals surface area contributed by atoms with Crippen LogP contribution in [0.5, 0.6) is 5.88 Å². The Morgan fingerprint density at radius 2 is 1.84 bits per heavy atom. The summed E-state index contributed by atoms with van der Waals surface area (Å²) < 4.78 is 46.5. The van der Waals surface area contributed by atoms with Crippen LogP contribution in [-0.2, 0) is 14.3 Å². The van der Waals surface area contributed by atoms with Gasteiger partial charge in [-0.25, -0.2) is 18.6 Å². The standard InChI is InChI=1S/C29H35F2N7O5/c1-2-42-29(40)33-21-11-12-37(27(21)39)18-7-9-19(10-8-18)43-24-17-23(34-28(35-24)36-13-15-41-16-14-36)38-22-6-4-3-5-20(22)32-26(38)25(30)31/h3-6,17-19,21,25H,2,7-16H2,1H3,(H,33,40)/t18-,19-,21-/m1/s1. The van der Waals surface area contributed by atoms with Gasteiger partial charge in [0.15, 0.2) is 5.82 Å². The number of rotatable bonds is 8. The number of carbonyl (C=O) groups excluding carboxylic acids is 2. The number of nitrogens with zero attached hydrogens (tertiary/aromatic N) is 6. The Morgan fingerprint density at radius 3 is 2.58 bits per heavy atom. The first-order valence-electron chi connectivity index (χ1n) is 14.8. The summed E-state index contributed by atoms with van der Waals surface area (Å²) in [6.07, 6.45) is -0.168. The highest BCUT2D eigenvalue weighted by atomic mass is 19.3. The van der Waals surface area contributed by atoms with Gasteiger partial charge in [-0.05, 0) is 51.2 Å². The first-order chi connectivity index (χ1) is 20.9. The van der Waals surface area contributed by atoms with Gasteiger partial charge in [0.1, 0.15) is 18.0 Å². The highest BCUT2D eigenvalue weighted by molar-refractivity contribution is 5.87. The van der Waals surface area contributed by atoms with Gasteiger partial charge in [-0.15, -0.1) is 0 Å².